The number of aliphatic hydroxyl groups is 1. The van der Waals surface area contributed by atoms with E-state index in [9.17, 15) is 23.1 Å². The SMILES string of the molecule is Cl.O.O=C(C=Cc1ccccc1OC[C@@H](O)CN1CCC(c2ccc(Cl)c(C(F)(F)F)c2)CC1)N1CCOCC1. The summed E-state index contributed by atoms with van der Waals surface area (Å²) in [5, 5.41) is 10.3. The van der Waals surface area contributed by atoms with Gasteiger partial charge in [0.2, 0.25) is 5.91 Å². The van der Waals surface area contributed by atoms with Crippen LogP contribution in [-0.4, -0.2) is 84.9 Å². The molecule has 2 aromatic carbocycles. The zero-order chi connectivity index (χ0) is 27.1. The van der Waals surface area contributed by atoms with Gasteiger partial charge in [0.15, 0.2) is 0 Å². The minimum atomic E-state index is -4.48. The largest absolute Gasteiger partial charge is 0.490 e. The molecule has 2 aromatic rings. The van der Waals surface area contributed by atoms with Gasteiger partial charge in [-0.05, 0) is 61.7 Å². The molecule has 3 N–H and O–H groups in total. The number of rotatable bonds is 8. The van der Waals surface area contributed by atoms with Crippen molar-refractivity contribution >= 4 is 36.0 Å². The summed E-state index contributed by atoms with van der Waals surface area (Å²) in [4.78, 5) is 16.2. The highest BCUT2D eigenvalue weighted by atomic mass is 35.5. The first kappa shape index (κ1) is 33.9. The molecule has 0 unspecified atom stereocenters. The Bertz CT molecular complexity index is 1120. The number of benzene rings is 2. The zero-order valence-corrected chi connectivity index (χ0v) is 23.5. The van der Waals surface area contributed by atoms with Crippen LogP contribution in [0.1, 0.15) is 35.4 Å². The smallest absolute Gasteiger partial charge is 0.417 e. The van der Waals surface area contributed by atoms with Gasteiger partial charge in [-0.2, -0.15) is 13.2 Å². The van der Waals surface area contributed by atoms with Gasteiger partial charge in [0.25, 0.3) is 0 Å². The van der Waals surface area contributed by atoms with Crippen LogP contribution >= 0.6 is 24.0 Å². The molecule has 2 heterocycles. The third-order valence-electron chi connectivity index (χ3n) is 6.90. The maximum absolute atomic E-state index is 13.2. The molecule has 222 valence electrons. The Labute approximate surface area is 243 Å². The number of amides is 1. The molecule has 2 aliphatic heterocycles. The monoisotopic (exact) mass is 606 g/mol. The average molecular weight is 607 g/mol. The number of aliphatic hydroxyl groups excluding tert-OH is 1. The molecule has 4 rings (SSSR count). The van der Waals surface area contributed by atoms with Crippen LogP contribution < -0.4 is 4.74 Å². The van der Waals surface area contributed by atoms with E-state index in [1.807, 2.05) is 18.2 Å². The highest BCUT2D eigenvalue weighted by Gasteiger charge is 2.34. The third kappa shape index (κ3) is 9.36. The highest BCUT2D eigenvalue weighted by Crippen LogP contribution is 2.38. The maximum Gasteiger partial charge on any atom is 0.417 e. The Balaban J connectivity index is 0.00000280. The summed E-state index contributed by atoms with van der Waals surface area (Å²) in [7, 11) is 0. The van der Waals surface area contributed by atoms with E-state index < -0.39 is 17.8 Å². The lowest BCUT2D eigenvalue weighted by molar-refractivity contribution is -0.137. The molecule has 2 fully saturated rings. The first-order valence-electron chi connectivity index (χ1n) is 12.7. The number of hydrogen-bond acceptors (Lipinski definition) is 5. The van der Waals surface area contributed by atoms with Crippen molar-refractivity contribution in [2.75, 3.05) is 52.5 Å². The predicted molar refractivity (Wildman–Crippen MR) is 150 cm³/mol. The number of halogens is 5. The lowest BCUT2D eigenvalue weighted by Crippen LogP contribution is -2.40. The van der Waals surface area contributed by atoms with Gasteiger partial charge < -0.3 is 29.9 Å². The van der Waals surface area contributed by atoms with E-state index in [0.29, 0.717) is 70.1 Å². The van der Waals surface area contributed by atoms with Gasteiger partial charge in [-0.15, -0.1) is 12.4 Å². The summed E-state index contributed by atoms with van der Waals surface area (Å²) in [5.41, 5.74) is 0.581. The fourth-order valence-electron chi connectivity index (χ4n) is 4.80. The molecule has 1 amide bonds. The molecule has 0 aromatic heterocycles. The van der Waals surface area contributed by atoms with E-state index in [1.165, 1.54) is 12.1 Å². The van der Waals surface area contributed by atoms with Crippen molar-refractivity contribution < 1.29 is 38.0 Å². The van der Waals surface area contributed by atoms with Gasteiger partial charge in [-0.1, -0.05) is 35.9 Å². The highest BCUT2D eigenvalue weighted by molar-refractivity contribution is 6.31. The quantitative estimate of drug-likeness (QED) is 0.448. The fraction of sp³-hybridized carbons (Fsp3) is 0.464. The summed E-state index contributed by atoms with van der Waals surface area (Å²) in [6.07, 6.45) is -0.609. The van der Waals surface area contributed by atoms with Crippen molar-refractivity contribution in [1.29, 1.82) is 0 Å². The van der Waals surface area contributed by atoms with Crippen molar-refractivity contribution in [3.63, 3.8) is 0 Å². The molecule has 0 bridgehead atoms. The molecule has 0 spiro atoms. The van der Waals surface area contributed by atoms with E-state index in [0.717, 1.165) is 11.6 Å². The minimum Gasteiger partial charge on any atom is -0.490 e. The van der Waals surface area contributed by atoms with E-state index in [1.54, 1.807) is 23.1 Å². The lowest BCUT2D eigenvalue weighted by atomic mass is 9.88. The van der Waals surface area contributed by atoms with Crippen LogP contribution in [0.5, 0.6) is 5.75 Å². The van der Waals surface area contributed by atoms with Gasteiger partial charge >= 0.3 is 6.18 Å². The third-order valence-corrected chi connectivity index (χ3v) is 7.23. The van der Waals surface area contributed by atoms with Crippen LogP contribution in [-0.2, 0) is 15.7 Å². The van der Waals surface area contributed by atoms with Crippen LogP contribution in [0.15, 0.2) is 48.5 Å². The zero-order valence-electron chi connectivity index (χ0n) is 21.9. The number of carbonyl (C=O) groups excluding carboxylic acids is 1. The van der Waals surface area contributed by atoms with Crippen molar-refractivity contribution in [2.24, 2.45) is 0 Å². The maximum atomic E-state index is 13.2. The summed E-state index contributed by atoms with van der Waals surface area (Å²) >= 11 is 5.75. The molecule has 7 nitrogen and oxygen atoms in total. The van der Waals surface area contributed by atoms with Crippen LogP contribution in [0.25, 0.3) is 6.08 Å². The van der Waals surface area contributed by atoms with Crippen molar-refractivity contribution in [3.8, 4) is 5.75 Å². The summed E-state index contributed by atoms with van der Waals surface area (Å²) < 4.78 is 50.8. The normalized spacial score (nSPS) is 17.7. The number of likely N-dealkylation sites (tertiary alicyclic amines) is 1. The summed E-state index contributed by atoms with van der Waals surface area (Å²) in [6, 6.07) is 11.5. The van der Waals surface area contributed by atoms with Gasteiger partial charge in [0.1, 0.15) is 18.5 Å². The van der Waals surface area contributed by atoms with Crippen LogP contribution in [0.2, 0.25) is 5.02 Å². The number of piperidine rings is 1. The van der Waals surface area contributed by atoms with Crippen LogP contribution in [0.3, 0.4) is 0 Å². The van der Waals surface area contributed by atoms with E-state index >= 15 is 0 Å². The summed E-state index contributed by atoms with van der Waals surface area (Å²) in [5.74, 6) is 0.496. The Morgan fingerprint density at radius 3 is 2.48 bits per heavy atom. The van der Waals surface area contributed by atoms with Crippen molar-refractivity contribution in [1.82, 2.24) is 9.80 Å². The molecule has 2 saturated heterocycles. The Morgan fingerprint density at radius 1 is 1.12 bits per heavy atom. The number of hydrogen-bond donors (Lipinski definition) is 1. The fourth-order valence-corrected chi connectivity index (χ4v) is 5.02. The van der Waals surface area contributed by atoms with Gasteiger partial charge in [-0.3, -0.25) is 4.79 Å². The number of nitrogens with zero attached hydrogens (tertiary/aromatic N) is 2. The number of β-amino-alcohol motifs (C(OH)–C–C–N with tert-alkyl or cyclic N) is 1. The van der Waals surface area contributed by atoms with Gasteiger partial charge in [0, 0.05) is 31.3 Å². The van der Waals surface area contributed by atoms with Gasteiger partial charge in [0.05, 0.1) is 23.8 Å². The van der Waals surface area contributed by atoms with E-state index in [4.69, 9.17) is 21.1 Å². The van der Waals surface area contributed by atoms with Crippen LogP contribution in [0, 0.1) is 0 Å². The molecule has 0 saturated carbocycles. The standard InChI is InChI=1S/C28H32ClF3N2O4.ClH.H2O/c29-25-7-5-22(17-24(25)28(30,31)32)20-9-11-33(12-10-20)18-23(35)19-38-26-4-2-1-3-21(26)6-8-27(36)34-13-15-37-16-14-34;;/h1-8,17,20,23,35H,9-16,18-19H2;1H;1H2/t23-;;/m0../s1. The molecule has 0 aliphatic carbocycles. The number of alkyl halides is 3. The van der Waals surface area contributed by atoms with Crippen LogP contribution in [0.4, 0.5) is 13.2 Å². The second-order valence-corrected chi connectivity index (χ2v) is 9.99. The Kier molecular flexibility index (Phi) is 13.2. The van der Waals surface area contributed by atoms with E-state index in [2.05, 4.69) is 4.90 Å². The molecule has 12 heteroatoms. The number of ether oxygens (including phenoxy) is 2. The van der Waals surface area contributed by atoms with Crippen molar-refractivity contribution in [3.05, 3.63) is 70.3 Å². The predicted octanol–water partition coefficient (Wildman–Crippen LogP) is 4.45. The Morgan fingerprint density at radius 2 is 1.80 bits per heavy atom. The number of morpholine rings is 1. The topological polar surface area (TPSA) is 93.7 Å². The lowest BCUT2D eigenvalue weighted by Gasteiger charge is -2.33. The molecular formula is C28H35Cl2F3N2O5. The molecule has 1 atom stereocenters. The molecule has 40 heavy (non-hydrogen) atoms. The second kappa shape index (κ2) is 15.6. The average Bonchev–Trinajstić information content (AvgIpc) is 2.91. The first-order chi connectivity index (χ1) is 18.2. The number of para-hydroxylation sites is 1. The van der Waals surface area contributed by atoms with E-state index in [-0.39, 0.29) is 41.3 Å². The second-order valence-electron chi connectivity index (χ2n) is 9.59. The van der Waals surface area contributed by atoms with Gasteiger partial charge in [-0.25, -0.2) is 0 Å². The summed E-state index contributed by atoms with van der Waals surface area (Å²) in [6.45, 7) is 4.01. The van der Waals surface area contributed by atoms with Crippen molar-refractivity contribution in [2.45, 2.75) is 31.0 Å². The Hall–Kier alpha value is -2.34. The molecule has 2 aliphatic rings. The number of carbonyl (C=O) groups is 1. The minimum absolute atomic E-state index is 0. The molecule has 0 radical (unpaired) electrons. The molecular weight excluding hydrogens is 572 g/mol. The first-order valence-corrected chi connectivity index (χ1v) is 13.1.